The highest BCUT2D eigenvalue weighted by Crippen LogP contribution is 2.27. The van der Waals surface area contributed by atoms with Gasteiger partial charge in [0.05, 0.1) is 6.61 Å². The van der Waals surface area contributed by atoms with Gasteiger partial charge < -0.3 is 20.3 Å². The van der Waals surface area contributed by atoms with E-state index in [2.05, 4.69) is 41.6 Å². The molecule has 2 fully saturated rings. The van der Waals surface area contributed by atoms with E-state index in [-0.39, 0.29) is 12.0 Å². The predicted octanol–water partition coefficient (Wildman–Crippen LogP) is 3.18. The second-order valence-corrected chi connectivity index (χ2v) is 8.67. The molecular formula is C23H36N4O2. The molecule has 1 heterocycles. The van der Waals surface area contributed by atoms with Crippen LogP contribution in [0.4, 0.5) is 0 Å². The first-order valence-corrected chi connectivity index (χ1v) is 11.0. The van der Waals surface area contributed by atoms with Gasteiger partial charge in [-0.3, -0.25) is 9.79 Å². The molecule has 6 nitrogen and oxygen atoms in total. The van der Waals surface area contributed by atoms with Crippen LogP contribution in [0.5, 0.6) is 5.75 Å². The molecular weight excluding hydrogens is 364 g/mol. The molecule has 0 spiro atoms. The SMILES string of the molecule is CN=C(NCc1cccc(OCC(C)C)c1)NC1CCN(C(=O)C2CCCC2)C1. The van der Waals surface area contributed by atoms with Crippen molar-refractivity contribution in [3.05, 3.63) is 29.8 Å². The molecule has 6 heteroatoms. The molecule has 1 amide bonds. The number of ether oxygens (including phenoxy) is 1. The Kier molecular flexibility index (Phi) is 7.78. The van der Waals surface area contributed by atoms with Gasteiger partial charge in [0.15, 0.2) is 5.96 Å². The van der Waals surface area contributed by atoms with E-state index in [9.17, 15) is 4.79 Å². The van der Waals surface area contributed by atoms with Gasteiger partial charge in [-0.2, -0.15) is 0 Å². The summed E-state index contributed by atoms with van der Waals surface area (Å²) in [6.07, 6.45) is 5.50. The summed E-state index contributed by atoms with van der Waals surface area (Å²) < 4.78 is 5.81. The number of likely N-dealkylation sites (tertiary alicyclic amines) is 1. The number of amides is 1. The normalized spacial score (nSPS) is 20.3. The Hall–Kier alpha value is -2.24. The summed E-state index contributed by atoms with van der Waals surface area (Å²) in [6.45, 7) is 7.31. The number of guanidine groups is 1. The molecule has 1 saturated carbocycles. The summed E-state index contributed by atoms with van der Waals surface area (Å²) in [5.74, 6) is 2.80. The van der Waals surface area contributed by atoms with Gasteiger partial charge in [0, 0.05) is 38.6 Å². The van der Waals surface area contributed by atoms with Crippen LogP contribution in [0.3, 0.4) is 0 Å². The van der Waals surface area contributed by atoms with E-state index in [0.717, 1.165) is 56.2 Å². The summed E-state index contributed by atoms with van der Waals surface area (Å²) in [5.41, 5.74) is 1.15. The van der Waals surface area contributed by atoms with Crippen LogP contribution >= 0.6 is 0 Å². The van der Waals surface area contributed by atoms with Gasteiger partial charge in [-0.25, -0.2) is 0 Å². The molecule has 0 aromatic heterocycles. The predicted molar refractivity (Wildman–Crippen MR) is 117 cm³/mol. The van der Waals surface area contributed by atoms with Gasteiger partial charge in [-0.05, 0) is 42.9 Å². The van der Waals surface area contributed by atoms with Crippen molar-refractivity contribution in [2.24, 2.45) is 16.8 Å². The number of benzene rings is 1. The molecule has 29 heavy (non-hydrogen) atoms. The topological polar surface area (TPSA) is 66.0 Å². The third-order valence-corrected chi connectivity index (χ3v) is 5.71. The Morgan fingerprint density at radius 3 is 2.79 bits per heavy atom. The minimum atomic E-state index is 0.257. The van der Waals surface area contributed by atoms with E-state index in [0.29, 0.717) is 18.4 Å². The summed E-state index contributed by atoms with van der Waals surface area (Å²) >= 11 is 0. The van der Waals surface area contributed by atoms with Crippen molar-refractivity contribution in [3.63, 3.8) is 0 Å². The lowest BCUT2D eigenvalue weighted by Gasteiger charge is -2.21. The van der Waals surface area contributed by atoms with E-state index in [1.165, 1.54) is 12.8 Å². The summed E-state index contributed by atoms with van der Waals surface area (Å²) in [4.78, 5) is 19.0. The second kappa shape index (κ2) is 10.5. The Morgan fingerprint density at radius 2 is 2.07 bits per heavy atom. The average Bonchev–Trinajstić information content (AvgIpc) is 3.41. The zero-order valence-electron chi connectivity index (χ0n) is 18.1. The quantitative estimate of drug-likeness (QED) is 0.545. The Balaban J connectivity index is 1.45. The summed E-state index contributed by atoms with van der Waals surface area (Å²) in [6, 6.07) is 8.42. The number of nitrogens with zero attached hydrogens (tertiary/aromatic N) is 2. The molecule has 1 aliphatic carbocycles. The fraction of sp³-hybridized carbons (Fsp3) is 0.652. The van der Waals surface area contributed by atoms with Crippen LogP contribution in [0.2, 0.25) is 0 Å². The average molecular weight is 401 g/mol. The van der Waals surface area contributed by atoms with Crippen molar-refractivity contribution in [3.8, 4) is 5.75 Å². The third-order valence-electron chi connectivity index (χ3n) is 5.71. The number of nitrogens with one attached hydrogen (secondary N) is 2. The molecule has 1 saturated heterocycles. The highest BCUT2D eigenvalue weighted by atomic mass is 16.5. The molecule has 1 aliphatic heterocycles. The largest absolute Gasteiger partial charge is 0.493 e. The van der Waals surface area contributed by atoms with E-state index in [4.69, 9.17) is 4.74 Å². The first-order chi connectivity index (χ1) is 14.0. The van der Waals surface area contributed by atoms with E-state index < -0.39 is 0 Å². The van der Waals surface area contributed by atoms with Crippen LogP contribution in [0.1, 0.15) is 51.5 Å². The van der Waals surface area contributed by atoms with Crippen molar-refractivity contribution < 1.29 is 9.53 Å². The fourth-order valence-corrected chi connectivity index (χ4v) is 4.09. The molecule has 2 N–H and O–H groups in total. The van der Waals surface area contributed by atoms with Crippen LogP contribution < -0.4 is 15.4 Å². The Morgan fingerprint density at radius 1 is 1.28 bits per heavy atom. The fourth-order valence-electron chi connectivity index (χ4n) is 4.09. The van der Waals surface area contributed by atoms with Crippen LogP contribution in [-0.2, 0) is 11.3 Å². The molecule has 1 aromatic carbocycles. The minimum Gasteiger partial charge on any atom is -0.493 e. The maximum atomic E-state index is 12.6. The van der Waals surface area contributed by atoms with Gasteiger partial charge in [0.2, 0.25) is 5.91 Å². The van der Waals surface area contributed by atoms with Crippen LogP contribution in [0, 0.1) is 11.8 Å². The van der Waals surface area contributed by atoms with E-state index in [1.54, 1.807) is 7.05 Å². The Labute approximate surface area is 175 Å². The number of hydrogen-bond donors (Lipinski definition) is 2. The third kappa shape index (κ3) is 6.38. The highest BCUT2D eigenvalue weighted by Gasteiger charge is 2.32. The molecule has 0 radical (unpaired) electrons. The van der Waals surface area contributed by atoms with Crippen LogP contribution in [0.15, 0.2) is 29.3 Å². The monoisotopic (exact) mass is 400 g/mol. The molecule has 1 unspecified atom stereocenters. The highest BCUT2D eigenvalue weighted by molar-refractivity contribution is 5.81. The molecule has 1 aromatic rings. The van der Waals surface area contributed by atoms with Gasteiger partial charge in [-0.1, -0.05) is 38.8 Å². The van der Waals surface area contributed by atoms with Crippen molar-refractivity contribution in [2.45, 2.75) is 58.5 Å². The van der Waals surface area contributed by atoms with Crippen LogP contribution in [0.25, 0.3) is 0 Å². The van der Waals surface area contributed by atoms with E-state index in [1.807, 2.05) is 17.0 Å². The zero-order chi connectivity index (χ0) is 20.6. The summed E-state index contributed by atoms with van der Waals surface area (Å²) in [5, 5.41) is 6.86. The number of hydrogen-bond acceptors (Lipinski definition) is 3. The van der Waals surface area contributed by atoms with Crippen molar-refractivity contribution >= 4 is 11.9 Å². The number of carbonyl (C=O) groups excluding carboxylic acids is 1. The smallest absolute Gasteiger partial charge is 0.225 e. The van der Waals surface area contributed by atoms with Crippen molar-refractivity contribution in [1.82, 2.24) is 15.5 Å². The maximum absolute atomic E-state index is 12.6. The lowest BCUT2D eigenvalue weighted by molar-refractivity contribution is -0.134. The molecule has 3 rings (SSSR count). The van der Waals surface area contributed by atoms with Gasteiger partial charge >= 0.3 is 0 Å². The maximum Gasteiger partial charge on any atom is 0.225 e. The molecule has 160 valence electrons. The first-order valence-electron chi connectivity index (χ1n) is 11.0. The van der Waals surface area contributed by atoms with Crippen molar-refractivity contribution in [2.75, 3.05) is 26.7 Å². The van der Waals surface area contributed by atoms with Crippen molar-refractivity contribution in [1.29, 1.82) is 0 Å². The lowest BCUT2D eigenvalue weighted by Crippen LogP contribution is -2.45. The van der Waals surface area contributed by atoms with Gasteiger partial charge in [-0.15, -0.1) is 0 Å². The molecule has 1 atom stereocenters. The minimum absolute atomic E-state index is 0.257. The first kappa shape index (κ1) is 21.5. The van der Waals surface area contributed by atoms with Gasteiger partial charge in [0.25, 0.3) is 0 Å². The van der Waals surface area contributed by atoms with E-state index >= 15 is 0 Å². The zero-order valence-corrected chi connectivity index (χ0v) is 18.1. The number of rotatable bonds is 7. The molecule has 2 aliphatic rings. The number of aliphatic imine (C=N–C) groups is 1. The standard InChI is InChI=1S/C23H36N4O2/c1-17(2)16-29-21-10-6-7-18(13-21)14-25-23(24-3)26-20-11-12-27(15-20)22(28)19-8-4-5-9-19/h6-7,10,13,17,19-20H,4-5,8-9,11-12,14-16H2,1-3H3,(H2,24,25,26). The summed E-state index contributed by atoms with van der Waals surface area (Å²) in [7, 11) is 1.79. The molecule has 0 bridgehead atoms. The number of carbonyl (C=O) groups is 1. The van der Waals surface area contributed by atoms with Crippen LogP contribution in [-0.4, -0.2) is 49.6 Å². The van der Waals surface area contributed by atoms with Gasteiger partial charge in [0.1, 0.15) is 5.75 Å². The Bertz CT molecular complexity index is 698. The lowest BCUT2D eigenvalue weighted by atomic mass is 10.1. The second-order valence-electron chi connectivity index (χ2n) is 8.67.